The highest BCUT2D eigenvalue weighted by atomic mass is 79.9. The summed E-state index contributed by atoms with van der Waals surface area (Å²) in [5.41, 5.74) is -0.00833. The summed E-state index contributed by atoms with van der Waals surface area (Å²) in [5, 5.41) is 3.44. The minimum absolute atomic E-state index is 0.00833. The molecule has 5 nitrogen and oxygen atoms in total. The zero-order valence-corrected chi connectivity index (χ0v) is 19.1. The third-order valence-corrected chi connectivity index (χ3v) is 11.3. The van der Waals surface area contributed by atoms with E-state index >= 15 is 0 Å². The van der Waals surface area contributed by atoms with Gasteiger partial charge in [0.15, 0.2) is 0 Å². The van der Waals surface area contributed by atoms with Crippen LogP contribution in [0.3, 0.4) is 0 Å². The van der Waals surface area contributed by atoms with Crippen LogP contribution in [0.4, 0.5) is 0 Å². The van der Waals surface area contributed by atoms with Gasteiger partial charge in [0.25, 0.3) is 10.0 Å². The monoisotopic (exact) mass is 486 g/mol. The summed E-state index contributed by atoms with van der Waals surface area (Å²) in [5.74, 6) is 2.19. The molecule has 1 saturated heterocycles. The van der Waals surface area contributed by atoms with Crippen LogP contribution in [0.5, 0.6) is 0 Å². The maximum absolute atomic E-state index is 13.2. The fourth-order valence-electron chi connectivity index (χ4n) is 6.57. The van der Waals surface area contributed by atoms with Crippen molar-refractivity contribution >= 4 is 43.2 Å². The average molecular weight is 487 g/mol. The number of rotatable bonds is 4. The van der Waals surface area contributed by atoms with Gasteiger partial charge in [0.05, 0.1) is 9.70 Å². The highest BCUT2D eigenvalue weighted by molar-refractivity contribution is 9.11. The molecule has 4 saturated carbocycles. The first kappa shape index (κ1) is 19.5. The van der Waals surface area contributed by atoms with Gasteiger partial charge in [0.2, 0.25) is 5.91 Å². The number of nitrogens with one attached hydrogen (secondary N) is 1. The van der Waals surface area contributed by atoms with Gasteiger partial charge in [-0.3, -0.25) is 4.79 Å². The maximum atomic E-state index is 13.2. The molecule has 0 radical (unpaired) electrons. The highest BCUT2D eigenvalue weighted by Crippen LogP contribution is 2.55. The van der Waals surface area contributed by atoms with Crippen LogP contribution in [0, 0.1) is 23.7 Å². The van der Waals surface area contributed by atoms with Gasteiger partial charge in [0.1, 0.15) is 4.21 Å². The van der Waals surface area contributed by atoms with E-state index in [1.54, 1.807) is 12.1 Å². The second-order valence-corrected chi connectivity index (χ2v) is 14.1. The van der Waals surface area contributed by atoms with Crippen LogP contribution in [0.25, 0.3) is 0 Å². The third kappa shape index (κ3) is 3.48. The summed E-state index contributed by atoms with van der Waals surface area (Å²) < 4.78 is 28.6. The van der Waals surface area contributed by atoms with Gasteiger partial charge < -0.3 is 5.32 Å². The zero-order chi connectivity index (χ0) is 19.5. The largest absolute Gasteiger partial charge is 0.350 e. The van der Waals surface area contributed by atoms with Crippen molar-refractivity contribution in [2.24, 2.45) is 23.7 Å². The molecule has 0 aromatic carbocycles. The van der Waals surface area contributed by atoms with Gasteiger partial charge in [-0.2, -0.15) is 4.31 Å². The summed E-state index contributed by atoms with van der Waals surface area (Å²) in [6.45, 7) is 0.801. The van der Waals surface area contributed by atoms with E-state index in [4.69, 9.17) is 0 Å². The van der Waals surface area contributed by atoms with Gasteiger partial charge >= 0.3 is 0 Å². The Balaban J connectivity index is 1.28. The number of nitrogens with zero attached hydrogens (tertiary/aromatic N) is 1. The Morgan fingerprint density at radius 2 is 1.79 bits per heavy atom. The van der Waals surface area contributed by atoms with E-state index in [1.165, 1.54) is 34.9 Å². The molecule has 1 N–H and O–H groups in total. The zero-order valence-electron chi connectivity index (χ0n) is 15.9. The molecule has 0 spiro atoms. The molecular weight excluding hydrogens is 460 g/mol. The Morgan fingerprint density at radius 1 is 1.14 bits per heavy atom. The summed E-state index contributed by atoms with van der Waals surface area (Å²) >= 11 is 4.57. The maximum Gasteiger partial charge on any atom is 0.252 e. The minimum Gasteiger partial charge on any atom is -0.350 e. The standard InChI is InChI=1S/C20H27BrN2O3S2/c21-17-3-4-18(27-17)28(25,26)23-5-1-2-16(12-23)19(24)22-20-9-13-6-14(10-20)8-15(7-13)11-20/h3-4,13-16H,1-2,5-12H2,(H,22,24). The second kappa shape index (κ2) is 7.06. The molecule has 1 unspecified atom stereocenters. The van der Waals surface area contributed by atoms with Crippen molar-refractivity contribution in [3.05, 3.63) is 15.9 Å². The van der Waals surface area contributed by atoms with Crippen molar-refractivity contribution in [1.29, 1.82) is 0 Å². The number of halogens is 1. The second-order valence-electron chi connectivity index (χ2n) is 9.45. The summed E-state index contributed by atoms with van der Waals surface area (Å²) in [6, 6.07) is 3.40. The molecule has 28 heavy (non-hydrogen) atoms. The molecule has 5 aliphatic rings. The first-order valence-electron chi connectivity index (χ1n) is 10.4. The van der Waals surface area contributed by atoms with Crippen LogP contribution < -0.4 is 5.32 Å². The molecule has 154 valence electrons. The Labute approximate surface area is 179 Å². The van der Waals surface area contributed by atoms with Crippen molar-refractivity contribution in [3.8, 4) is 0 Å². The Kier molecular flexibility index (Phi) is 4.92. The van der Waals surface area contributed by atoms with Gasteiger partial charge in [-0.25, -0.2) is 8.42 Å². The van der Waals surface area contributed by atoms with Crippen molar-refractivity contribution < 1.29 is 13.2 Å². The van der Waals surface area contributed by atoms with E-state index < -0.39 is 10.0 Å². The predicted molar refractivity (Wildman–Crippen MR) is 113 cm³/mol. The number of piperidine rings is 1. The highest BCUT2D eigenvalue weighted by Gasteiger charge is 2.52. The van der Waals surface area contributed by atoms with E-state index in [-0.39, 0.29) is 17.4 Å². The number of amides is 1. The van der Waals surface area contributed by atoms with Crippen molar-refractivity contribution in [2.45, 2.75) is 61.1 Å². The average Bonchev–Trinajstić information content (AvgIpc) is 3.07. The lowest BCUT2D eigenvalue weighted by molar-refractivity contribution is -0.131. The minimum atomic E-state index is -3.52. The van der Waals surface area contributed by atoms with Gasteiger partial charge in [-0.1, -0.05) is 0 Å². The quantitative estimate of drug-likeness (QED) is 0.699. The van der Waals surface area contributed by atoms with E-state index in [9.17, 15) is 13.2 Å². The smallest absolute Gasteiger partial charge is 0.252 e. The lowest BCUT2D eigenvalue weighted by Crippen LogP contribution is -2.61. The van der Waals surface area contributed by atoms with Crippen LogP contribution in [-0.4, -0.2) is 37.3 Å². The molecular formula is C20H27BrN2O3S2. The number of sulfonamides is 1. The molecule has 1 aromatic rings. The molecule has 8 heteroatoms. The molecule has 2 heterocycles. The van der Waals surface area contributed by atoms with Crippen LogP contribution in [0.1, 0.15) is 51.4 Å². The third-order valence-electron chi connectivity index (χ3n) is 7.32. The molecule has 1 aliphatic heterocycles. The summed E-state index contributed by atoms with van der Waals surface area (Å²) in [4.78, 5) is 13.2. The van der Waals surface area contributed by atoms with Crippen LogP contribution in [-0.2, 0) is 14.8 Å². The first-order valence-corrected chi connectivity index (χ1v) is 13.5. The first-order chi connectivity index (χ1) is 13.3. The molecule has 1 atom stereocenters. The van der Waals surface area contributed by atoms with Crippen LogP contribution >= 0.6 is 27.3 Å². The number of hydrogen-bond acceptors (Lipinski definition) is 4. The number of thiophene rings is 1. The van der Waals surface area contributed by atoms with Gasteiger partial charge in [-0.05, 0) is 97.2 Å². The SMILES string of the molecule is O=C(NC12CC3CC(CC(C3)C1)C2)C1CCCN(S(=O)(=O)c2ccc(Br)s2)C1. The summed E-state index contributed by atoms with van der Waals surface area (Å²) in [6.07, 6.45) is 8.94. The predicted octanol–water partition coefficient (Wildman–Crippen LogP) is 4.00. The topological polar surface area (TPSA) is 66.5 Å². The lowest BCUT2D eigenvalue weighted by Gasteiger charge is -2.57. The van der Waals surface area contributed by atoms with E-state index in [0.29, 0.717) is 17.3 Å². The summed E-state index contributed by atoms with van der Waals surface area (Å²) in [7, 11) is -3.52. The fourth-order valence-corrected chi connectivity index (χ4v) is 10.3. The Bertz CT molecular complexity index is 846. The van der Waals surface area contributed by atoms with Gasteiger partial charge in [0, 0.05) is 18.6 Å². The molecule has 5 fully saturated rings. The van der Waals surface area contributed by atoms with Gasteiger partial charge in [-0.15, -0.1) is 11.3 Å². The van der Waals surface area contributed by atoms with Crippen molar-refractivity contribution in [3.63, 3.8) is 0 Å². The van der Waals surface area contributed by atoms with Crippen molar-refractivity contribution in [1.82, 2.24) is 9.62 Å². The van der Waals surface area contributed by atoms with Crippen LogP contribution in [0.15, 0.2) is 20.1 Å². The van der Waals surface area contributed by atoms with E-state index in [0.717, 1.165) is 53.6 Å². The molecule has 4 bridgehead atoms. The van der Waals surface area contributed by atoms with E-state index in [2.05, 4.69) is 21.2 Å². The number of hydrogen-bond donors (Lipinski definition) is 1. The van der Waals surface area contributed by atoms with Crippen LogP contribution in [0.2, 0.25) is 0 Å². The molecule has 6 rings (SSSR count). The Morgan fingerprint density at radius 3 is 2.36 bits per heavy atom. The Hall–Kier alpha value is -0.440. The lowest BCUT2D eigenvalue weighted by atomic mass is 9.53. The van der Waals surface area contributed by atoms with Crippen molar-refractivity contribution in [2.75, 3.05) is 13.1 Å². The van der Waals surface area contributed by atoms with E-state index in [1.807, 2.05) is 0 Å². The molecule has 4 aliphatic carbocycles. The fraction of sp³-hybridized carbons (Fsp3) is 0.750. The molecule has 1 aromatic heterocycles. The molecule has 1 amide bonds. The number of carbonyl (C=O) groups excluding carboxylic acids is 1. The normalized spacial score (nSPS) is 37.9. The number of carbonyl (C=O) groups is 1.